The Labute approximate surface area is 182 Å². The molecule has 5 rings (SSSR count). The third-order valence-corrected chi connectivity index (χ3v) is 4.67. The van der Waals surface area contributed by atoms with Crippen LogP contribution in [0.3, 0.4) is 0 Å². The molecule has 0 bridgehead atoms. The predicted octanol–water partition coefficient (Wildman–Crippen LogP) is 3.26. The number of hydrogen-bond donors (Lipinski definition) is 1. The number of nitrogens with zero attached hydrogens (tertiary/aromatic N) is 5. The predicted molar refractivity (Wildman–Crippen MR) is 116 cm³/mol. The van der Waals surface area contributed by atoms with Crippen molar-refractivity contribution in [1.82, 2.24) is 30.1 Å². The van der Waals surface area contributed by atoms with Crippen molar-refractivity contribution in [2.45, 2.75) is 0 Å². The second-order valence-electron chi connectivity index (χ2n) is 6.83. The number of carbonyl (C=O) groups excluding carboxylic acids is 1. The van der Waals surface area contributed by atoms with Gasteiger partial charge in [-0.05, 0) is 6.07 Å². The van der Waals surface area contributed by atoms with Crippen LogP contribution in [0.25, 0.3) is 28.4 Å². The highest BCUT2D eigenvalue weighted by Crippen LogP contribution is 2.20. The number of oxazole rings is 1. The van der Waals surface area contributed by atoms with Crippen LogP contribution in [0.2, 0.25) is 0 Å². The largest absolute Gasteiger partial charge is 0.475 e. The molecule has 0 unspecified atom stereocenters. The van der Waals surface area contributed by atoms with Crippen molar-refractivity contribution in [3.8, 4) is 28.6 Å². The van der Waals surface area contributed by atoms with Gasteiger partial charge in [0.2, 0.25) is 5.88 Å². The summed E-state index contributed by atoms with van der Waals surface area (Å²) in [5, 5.41) is 15.5. The van der Waals surface area contributed by atoms with Crippen molar-refractivity contribution in [2.24, 2.45) is 0 Å². The van der Waals surface area contributed by atoms with Crippen LogP contribution in [0.5, 0.6) is 5.88 Å². The first kappa shape index (κ1) is 19.4. The number of carbonyl (C=O) groups is 1. The summed E-state index contributed by atoms with van der Waals surface area (Å²) in [5.74, 6) is 1.14. The molecule has 0 aliphatic heterocycles. The topological polar surface area (TPSA) is 107 Å². The molecule has 3 aromatic heterocycles. The Bertz CT molecular complexity index is 1350. The second kappa shape index (κ2) is 8.68. The first-order valence-corrected chi connectivity index (χ1v) is 9.98. The number of hydrogen-bond acceptors (Lipinski definition) is 7. The van der Waals surface area contributed by atoms with E-state index in [1.54, 1.807) is 16.6 Å². The van der Waals surface area contributed by atoms with E-state index >= 15 is 0 Å². The van der Waals surface area contributed by atoms with Crippen LogP contribution >= 0.6 is 0 Å². The maximum atomic E-state index is 12.3. The molecule has 1 amide bonds. The number of rotatable bonds is 7. The number of fused-ring (bicyclic) bond motifs is 1. The zero-order valence-electron chi connectivity index (χ0n) is 16.9. The highest BCUT2D eigenvalue weighted by atomic mass is 16.5. The highest BCUT2D eigenvalue weighted by molar-refractivity contribution is 5.89. The summed E-state index contributed by atoms with van der Waals surface area (Å²) in [5.41, 5.74) is 2.37. The Morgan fingerprint density at radius 2 is 1.69 bits per heavy atom. The van der Waals surface area contributed by atoms with E-state index in [1.165, 1.54) is 6.20 Å². The monoisotopic (exact) mass is 426 g/mol. The summed E-state index contributed by atoms with van der Waals surface area (Å²) in [7, 11) is 0. The van der Waals surface area contributed by atoms with Crippen LogP contribution in [-0.4, -0.2) is 43.9 Å². The number of nitrogens with one attached hydrogen (secondary N) is 1. The lowest BCUT2D eigenvalue weighted by molar-refractivity contribution is 0.0912. The molecular formula is C23H18N6O3. The SMILES string of the molecule is O=C(NCCOc1ccc2nnc(-c3ccccc3)n2n1)c1ncc(-c2ccccc2)o1. The first-order chi connectivity index (χ1) is 15.8. The fourth-order valence-corrected chi connectivity index (χ4v) is 3.13. The van der Waals surface area contributed by atoms with Gasteiger partial charge in [-0.25, -0.2) is 4.98 Å². The van der Waals surface area contributed by atoms with E-state index in [9.17, 15) is 4.79 Å². The fraction of sp³-hybridized carbons (Fsp3) is 0.0870. The summed E-state index contributed by atoms with van der Waals surface area (Å²) < 4.78 is 12.9. The Hall–Kier alpha value is -4.53. The zero-order chi connectivity index (χ0) is 21.8. The molecule has 9 nitrogen and oxygen atoms in total. The smallest absolute Gasteiger partial charge is 0.307 e. The van der Waals surface area contributed by atoms with Crippen LogP contribution in [0.15, 0.2) is 83.4 Å². The highest BCUT2D eigenvalue weighted by Gasteiger charge is 2.14. The Balaban J connectivity index is 1.19. The lowest BCUT2D eigenvalue weighted by Crippen LogP contribution is -2.28. The van der Waals surface area contributed by atoms with Crippen LogP contribution in [0.1, 0.15) is 10.7 Å². The normalized spacial score (nSPS) is 10.9. The Kier molecular flexibility index (Phi) is 5.27. The first-order valence-electron chi connectivity index (χ1n) is 9.98. The number of benzene rings is 2. The van der Waals surface area contributed by atoms with E-state index in [1.807, 2.05) is 60.7 Å². The van der Waals surface area contributed by atoms with Gasteiger partial charge in [0.05, 0.1) is 12.7 Å². The average molecular weight is 426 g/mol. The molecule has 32 heavy (non-hydrogen) atoms. The summed E-state index contributed by atoms with van der Waals surface area (Å²) in [6.45, 7) is 0.481. The van der Waals surface area contributed by atoms with Gasteiger partial charge < -0.3 is 14.5 Å². The van der Waals surface area contributed by atoms with Gasteiger partial charge in [0, 0.05) is 17.2 Å². The standard InChI is InChI=1S/C23H18N6O3/c30-22(23-25-15-18(32-23)16-7-3-1-4-8-16)24-13-14-31-20-12-11-19-26-27-21(29(19)28-20)17-9-5-2-6-10-17/h1-12,15H,13-14H2,(H,24,30). The minimum atomic E-state index is -0.413. The summed E-state index contributed by atoms with van der Waals surface area (Å²) >= 11 is 0. The maximum Gasteiger partial charge on any atom is 0.307 e. The van der Waals surface area contributed by atoms with E-state index in [2.05, 4.69) is 25.6 Å². The minimum absolute atomic E-state index is 0.000362. The molecule has 0 radical (unpaired) electrons. The Morgan fingerprint density at radius 3 is 2.47 bits per heavy atom. The van der Waals surface area contributed by atoms with Crippen molar-refractivity contribution in [2.75, 3.05) is 13.2 Å². The number of aromatic nitrogens is 5. The lowest BCUT2D eigenvalue weighted by Gasteiger charge is -2.06. The maximum absolute atomic E-state index is 12.3. The van der Waals surface area contributed by atoms with Gasteiger partial charge in [-0.1, -0.05) is 60.7 Å². The zero-order valence-corrected chi connectivity index (χ0v) is 16.9. The Morgan fingerprint density at radius 1 is 0.938 bits per heavy atom. The molecule has 5 aromatic rings. The van der Waals surface area contributed by atoms with Crippen molar-refractivity contribution >= 4 is 11.6 Å². The molecule has 0 atom stereocenters. The van der Waals surface area contributed by atoms with Crippen LogP contribution in [-0.2, 0) is 0 Å². The molecule has 0 spiro atoms. The quantitative estimate of drug-likeness (QED) is 0.398. The summed E-state index contributed by atoms with van der Waals surface area (Å²) in [6.07, 6.45) is 1.53. The van der Waals surface area contributed by atoms with Crippen molar-refractivity contribution in [3.05, 3.63) is 84.9 Å². The molecule has 9 heteroatoms. The van der Waals surface area contributed by atoms with Gasteiger partial charge in [0.1, 0.15) is 6.61 Å². The second-order valence-corrected chi connectivity index (χ2v) is 6.83. The van der Waals surface area contributed by atoms with E-state index < -0.39 is 5.91 Å². The van der Waals surface area contributed by atoms with Crippen LogP contribution in [0.4, 0.5) is 0 Å². The molecule has 1 N–H and O–H groups in total. The van der Waals surface area contributed by atoms with Gasteiger partial charge in [0.25, 0.3) is 5.89 Å². The lowest BCUT2D eigenvalue weighted by atomic mass is 10.2. The van der Waals surface area contributed by atoms with E-state index in [0.29, 0.717) is 23.1 Å². The van der Waals surface area contributed by atoms with E-state index in [-0.39, 0.29) is 19.0 Å². The third kappa shape index (κ3) is 4.04. The van der Waals surface area contributed by atoms with Crippen LogP contribution in [0, 0.1) is 0 Å². The van der Waals surface area contributed by atoms with Gasteiger partial charge in [-0.3, -0.25) is 4.79 Å². The summed E-state index contributed by atoms with van der Waals surface area (Å²) in [4.78, 5) is 16.3. The number of amides is 1. The molecule has 0 saturated heterocycles. The minimum Gasteiger partial charge on any atom is -0.475 e. The molecule has 0 fully saturated rings. The van der Waals surface area contributed by atoms with Gasteiger partial charge in [-0.2, -0.15) is 4.52 Å². The van der Waals surface area contributed by atoms with Crippen molar-refractivity contribution in [3.63, 3.8) is 0 Å². The van der Waals surface area contributed by atoms with Crippen molar-refractivity contribution in [1.29, 1.82) is 0 Å². The summed E-state index contributed by atoms with van der Waals surface area (Å²) in [6, 6.07) is 22.6. The molecule has 0 saturated carbocycles. The molecule has 0 aliphatic rings. The van der Waals surface area contributed by atoms with Gasteiger partial charge >= 0.3 is 5.91 Å². The molecule has 2 aromatic carbocycles. The third-order valence-electron chi connectivity index (χ3n) is 4.67. The molecule has 158 valence electrons. The molecule has 0 aliphatic carbocycles. The molecule has 3 heterocycles. The average Bonchev–Trinajstić information content (AvgIpc) is 3.50. The van der Waals surface area contributed by atoms with Gasteiger partial charge in [-0.15, -0.1) is 15.3 Å². The van der Waals surface area contributed by atoms with E-state index in [4.69, 9.17) is 9.15 Å². The molecular weight excluding hydrogens is 408 g/mol. The number of ether oxygens (including phenoxy) is 1. The van der Waals surface area contributed by atoms with Gasteiger partial charge in [0.15, 0.2) is 17.2 Å². The van der Waals surface area contributed by atoms with Crippen LogP contribution < -0.4 is 10.1 Å². The fourth-order valence-electron chi connectivity index (χ4n) is 3.13. The van der Waals surface area contributed by atoms with Crippen molar-refractivity contribution < 1.29 is 13.9 Å². The van der Waals surface area contributed by atoms with E-state index in [0.717, 1.165) is 11.1 Å².